The molecule has 0 atom stereocenters. The van der Waals surface area contributed by atoms with E-state index in [-0.39, 0.29) is 0 Å². The van der Waals surface area contributed by atoms with Gasteiger partial charge in [-0.15, -0.1) is 11.3 Å². The van der Waals surface area contributed by atoms with Crippen molar-refractivity contribution in [3.8, 4) is 0 Å². The van der Waals surface area contributed by atoms with Gasteiger partial charge in [-0.25, -0.2) is 0 Å². The molecule has 0 aliphatic carbocycles. The van der Waals surface area contributed by atoms with E-state index in [1.165, 1.54) is 15.5 Å². The van der Waals surface area contributed by atoms with E-state index in [0.717, 1.165) is 24.8 Å². The molecule has 1 rings (SSSR count). The molecule has 1 nitrogen and oxygen atoms in total. The van der Waals surface area contributed by atoms with Crippen LogP contribution in [0.5, 0.6) is 0 Å². The van der Waals surface area contributed by atoms with E-state index >= 15 is 0 Å². The summed E-state index contributed by atoms with van der Waals surface area (Å²) < 4.78 is 0. The molecular weight excluding hydrogens is 222 g/mol. The second-order valence-corrected chi connectivity index (χ2v) is 6.76. The quantitative estimate of drug-likeness (QED) is 0.735. The molecule has 0 radical (unpaired) electrons. The summed E-state index contributed by atoms with van der Waals surface area (Å²) in [6, 6.07) is 4.48. The minimum Gasteiger partial charge on any atom is -0.311 e. The monoisotopic (exact) mass is 243 g/mol. The number of thioether (sulfide) groups is 1. The van der Waals surface area contributed by atoms with Gasteiger partial charge in [0.15, 0.2) is 0 Å². The first-order valence-corrected chi connectivity index (χ1v) is 7.48. The van der Waals surface area contributed by atoms with E-state index in [4.69, 9.17) is 0 Å². The maximum absolute atomic E-state index is 3.48. The predicted molar refractivity (Wildman–Crippen MR) is 73.0 cm³/mol. The van der Waals surface area contributed by atoms with E-state index < -0.39 is 0 Å². The van der Waals surface area contributed by atoms with Gasteiger partial charge in [0.05, 0.1) is 0 Å². The average molecular weight is 243 g/mol. The van der Waals surface area contributed by atoms with Crippen molar-refractivity contribution < 1.29 is 0 Å². The van der Waals surface area contributed by atoms with Gasteiger partial charge < -0.3 is 5.32 Å². The fourth-order valence-corrected chi connectivity index (χ4v) is 2.95. The second kappa shape index (κ2) is 7.31. The van der Waals surface area contributed by atoms with E-state index in [9.17, 15) is 0 Å². The summed E-state index contributed by atoms with van der Waals surface area (Å²) in [4.78, 5) is 2.95. The van der Waals surface area contributed by atoms with Gasteiger partial charge in [-0.3, -0.25) is 0 Å². The zero-order valence-corrected chi connectivity index (χ0v) is 11.5. The molecule has 15 heavy (non-hydrogen) atoms. The molecule has 1 aromatic heterocycles. The summed E-state index contributed by atoms with van der Waals surface area (Å²) in [5.41, 5.74) is 0. The third kappa shape index (κ3) is 5.59. The van der Waals surface area contributed by atoms with Gasteiger partial charge >= 0.3 is 0 Å². The van der Waals surface area contributed by atoms with Crippen molar-refractivity contribution >= 4 is 23.1 Å². The van der Waals surface area contributed by atoms with Crippen LogP contribution in [0.25, 0.3) is 0 Å². The molecular formula is C12H21NS2. The van der Waals surface area contributed by atoms with Gasteiger partial charge in [0.25, 0.3) is 0 Å². The number of hydrogen-bond acceptors (Lipinski definition) is 3. The highest BCUT2D eigenvalue weighted by Gasteiger charge is 1.98. The lowest BCUT2D eigenvalue weighted by Gasteiger charge is -2.05. The predicted octanol–water partition coefficient (Wildman–Crippen LogP) is 3.54. The highest BCUT2D eigenvalue weighted by atomic mass is 32.2. The SMILES string of the molecule is CCc1ccc(CNCCSC(C)C)s1. The van der Waals surface area contributed by atoms with E-state index in [1.54, 1.807) is 0 Å². The lowest BCUT2D eigenvalue weighted by molar-refractivity contribution is 0.740. The zero-order chi connectivity index (χ0) is 11.1. The first-order chi connectivity index (χ1) is 7.22. The van der Waals surface area contributed by atoms with E-state index in [1.807, 2.05) is 23.1 Å². The summed E-state index contributed by atoms with van der Waals surface area (Å²) in [5, 5.41) is 4.23. The van der Waals surface area contributed by atoms with Gasteiger partial charge in [-0.2, -0.15) is 11.8 Å². The summed E-state index contributed by atoms with van der Waals surface area (Å²) in [6.07, 6.45) is 1.16. The molecule has 0 fully saturated rings. The standard InChI is InChI=1S/C12H21NS2/c1-4-11-5-6-12(15-11)9-13-7-8-14-10(2)3/h5-6,10,13H,4,7-9H2,1-3H3. The first-order valence-electron chi connectivity index (χ1n) is 5.62. The molecule has 1 heterocycles. The van der Waals surface area contributed by atoms with E-state index in [0.29, 0.717) is 0 Å². The summed E-state index contributed by atoms with van der Waals surface area (Å²) >= 11 is 3.94. The lowest BCUT2D eigenvalue weighted by Crippen LogP contribution is -2.16. The summed E-state index contributed by atoms with van der Waals surface area (Å²) in [6.45, 7) is 8.85. The summed E-state index contributed by atoms with van der Waals surface area (Å²) in [5.74, 6) is 1.21. The van der Waals surface area contributed by atoms with Crippen molar-refractivity contribution in [3.05, 3.63) is 21.9 Å². The van der Waals surface area contributed by atoms with Crippen molar-refractivity contribution in [1.29, 1.82) is 0 Å². The molecule has 1 N–H and O–H groups in total. The fraction of sp³-hybridized carbons (Fsp3) is 0.667. The van der Waals surface area contributed by atoms with Crippen LogP contribution in [0.2, 0.25) is 0 Å². The minimum absolute atomic E-state index is 0.750. The molecule has 0 aromatic carbocycles. The first kappa shape index (κ1) is 13.1. The summed E-state index contributed by atoms with van der Waals surface area (Å²) in [7, 11) is 0. The normalized spacial score (nSPS) is 11.2. The van der Waals surface area contributed by atoms with Crippen LogP contribution in [0.1, 0.15) is 30.5 Å². The molecule has 0 spiro atoms. The van der Waals surface area contributed by atoms with Gasteiger partial charge in [-0.05, 0) is 23.8 Å². The van der Waals surface area contributed by atoms with Crippen molar-refractivity contribution in [2.45, 2.75) is 39.0 Å². The van der Waals surface area contributed by atoms with Crippen LogP contribution in [0.3, 0.4) is 0 Å². The largest absolute Gasteiger partial charge is 0.311 e. The van der Waals surface area contributed by atoms with Crippen LogP contribution >= 0.6 is 23.1 Å². The molecule has 0 bridgehead atoms. The maximum Gasteiger partial charge on any atom is 0.0300 e. The molecule has 3 heteroatoms. The average Bonchev–Trinajstić information content (AvgIpc) is 2.65. The Morgan fingerprint density at radius 2 is 2.07 bits per heavy atom. The zero-order valence-electron chi connectivity index (χ0n) is 9.88. The molecule has 0 amide bonds. The van der Waals surface area contributed by atoms with Gasteiger partial charge in [-0.1, -0.05) is 20.8 Å². The van der Waals surface area contributed by atoms with Crippen molar-refractivity contribution in [1.82, 2.24) is 5.32 Å². The highest BCUT2D eigenvalue weighted by Crippen LogP contribution is 2.16. The number of thiophene rings is 1. The second-order valence-electron chi connectivity index (χ2n) is 3.82. The molecule has 0 aliphatic heterocycles. The smallest absolute Gasteiger partial charge is 0.0300 e. The van der Waals surface area contributed by atoms with Gasteiger partial charge in [0.2, 0.25) is 0 Å². The van der Waals surface area contributed by atoms with Gasteiger partial charge in [0, 0.05) is 28.6 Å². The number of rotatable bonds is 7. The molecule has 86 valence electrons. The Hall–Kier alpha value is 0.01000. The maximum atomic E-state index is 3.48. The Labute approximate surface area is 102 Å². The van der Waals surface area contributed by atoms with Crippen LogP contribution in [-0.2, 0) is 13.0 Å². The fourth-order valence-electron chi connectivity index (χ4n) is 1.29. The number of aryl methyl sites for hydroxylation is 1. The molecule has 0 unspecified atom stereocenters. The van der Waals surface area contributed by atoms with Crippen LogP contribution in [0, 0.1) is 0 Å². The lowest BCUT2D eigenvalue weighted by atomic mass is 10.3. The van der Waals surface area contributed by atoms with E-state index in [2.05, 4.69) is 38.2 Å². The van der Waals surface area contributed by atoms with Crippen LogP contribution in [-0.4, -0.2) is 17.5 Å². The Balaban J connectivity index is 2.09. The van der Waals surface area contributed by atoms with Crippen molar-refractivity contribution in [3.63, 3.8) is 0 Å². The molecule has 0 aliphatic rings. The third-order valence-electron chi connectivity index (χ3n) is 2.10. The molecule has 1 aromatic rings. The Morgan fingerprint density at radius 3 is 2.67 bits per heavy atom. The Kier molecular flexibility index (Phi) is 6.37. The Bertz CT molecular complexity index is 268. The van der Waals surface area contributed by atoms with Gasteiger partial charge in [0.1, 0.15) is 0 Å². The third-order valence-corrected chi connectivity index (χ3v) is 4.43. The highest BCUT2D eigenvalue weighted by molar-refractivity contribution is 7.99. The van der Waals surface area contributed by atoms with Crippen LogP contribution in [0.15, 0.2) is 12.1 Å². The van der Waals surface area contributed by atoms with Crippen LogP contribution < -0.4 is 5.32 Å². The van der Waals surface area contributed by atoms with Crippen molar-refractivity contribution in [2.75, 3.05) is 12.3 Å². The topological polar surface area (TPSA) is 12.0 Å². The minimum atomic E-state index is 0.750. The number of nitrogens with one attached hydrogen (secondary N) is 1. The van der Waals surface area contributed by atoms with Crippen molar-refractivity contribution in [2.24, 2.45) is 0 Å². The van der Waals surface area contributed by atoms with Crippen LogP contribution in [0.4, 0.5) is 0 Å². The molecule has 0 saturated carbocycles. The Morgan fingerprint density at radius 1 is 1.33 bits per heavy atom. The number of hydrogen-bond donors (Lipinski definition) is 1. The molecule has 0 saturated heterocycles.